The first-order valence-electron chi connectivity index (χ1n) is 18.2. The lowest BCUT2D eigenvalue weighted by molar-refractivity contribution is -0.147. The van der Waals surface area contributed by atoms with E-state index in [9.17, 15) is 19.3 Å². The van der Waals surface area contributed by atoms with Gasteiger partial charge in [0.05, 0.1) is 36.5 Å². The fraction of sp³-hybridized carbons (Fsp3) is 0.861. The topological polar surface area (TPSA) is 153 Å². The molecule has 9 atom stereocenters. The van der Waals surface area contributed by atoms with Crippen LogP contribution in [0.1, 0.15) is 130 Å². The van der Waals surface area contributed by atoms with E-state index < -0.39 is 44.6 Å². The lowest BCUT2D eigenvalue weighted by Crippen LogP contribution is -2.55. The maximum atomic E-state index is 13.5. The lowest BCUT2D eigenvalue weighted by Gasteiger charge is -2.61. The number of hydrogen-bond donors (Lipinski definition) is 1. The largest absolute Gasteiger partial charge is 0.510 e. The second kappa shape index (κ2) is 15.3. The number of aromatic nitrogens is 1. The van der Waals surface area contributed by atoms with Crippen LogP contribution in [0.25, 0.3) is 0 Å². The van der Waals surface area contributed by atoms with Gasteiger partial charge in [0.2, 0.25) is 6.79 Å². The highest BCUT2D eigenvalue weighted by Gasteiger charge is 2.61. The Labute approximate surface area is 291 Å². The minimum atomic E-state index is -3.96. The fourth-order valence-electron chi connectivity index (χ4n) is 9.82. The van der Waals surface area contributed by atoms with Gasteiger partial charge in [-0.15, -0.1) is 0 Å². The second-order valence-electron chi connectivity index (χ2n) is 16.3. The second-order valence-corrected chi connectivity index (χ2v) is 18.3. The van der Waals surface area contributed by atoms with Gasteiger partial charge in [-0.3, -0.25) is 13.9 Å². The number of nitrogens with zero attached hydrogens (tertiary/aromatic N) is 1. The highest BCUT2D eigenvalue weighted by atomic mass is 31.2. The molecular formula is C36H58NO11P. The molecule has 49 heavy (non-hydrogen) atoms. The number of carbonyl (C=O) groups is 2. The Morgan fingerprint density at radius 2 is 1.69 bits per heavy atom. The summed E-state index contributed by atoms with van der Waals surface area (Å²) < 4.78 is 50.5. The van der Waals surface area contributed by atoms with Gasteiger partial charge >= 0.3 is 19.7 Å². The molecule has 4 aliphatic carbocycles. The number of esters is 1. The third kappa shape index (κ3) is 8.91. The first-order chi connectivity index (χ1) is 23.0. The van der Waals surface area contributed by atoms with Crippen LogP contribution in [0, 0.1) is 34.5 Å². The molecule has 1 heterocycles. The minimum Gasteiger partial charge on any atom is -0.463 e. The van der Waals surface area contributed by atoms with E-state index in [1.54, 1.807) is 27.7 Å². The van der Waals surface area contributed by atoms with Gasteiger partial charge in [0, 0.05) is 12.0 Å². The van der Waals surface area contributed by atoms with Crippen LogP contribution in [0.15, 0.2) is 10.6 Å². The Hall–Kier alpha value is -1.98. The first-order valence-corrected chi connectivity index (χ1v) is 19.9. The van der Waals surface area contributed by atoms with Gasteiger partial charge < -0.3 is 33.1 Å². The van der Waals surface area contributed by atoms with Gasteiger partial charge in [-0.05, 0) is 127 Å². The Bertz CT molecular complexity index is 1310. The van der Waals surface area contributed by atoms with Crippen molar-refractivity contribution in [3.63, 3.8) is 0 Å². The molecule has 1 aromatic rings. The molecule has 3 unspecified atom stereocenters. The molecule has 4 saturated carbocycles. The fourth-order valence-corrected chi connectivity index (χ4v) is 10.9. The number of hydrogen-bond acceptors (Lipinski definition) is 12. The summed E-state index contributed by atoms with van der Waals surface area (Å²) in [6.45, 7) is 12.9. The summed E-state index contributed by atoms with van der Waals surface area (Å²) in [5.74, 6) is 2.97. The Kier molecular flexibility index (Phi) is 12.0. The average Bonchev–Trinajstić information content (AvgIpc) is 3.60. The normalized spacial score (nSPS) is 35.3. The van der Waals surface area contributed by atoms with Gasteiger partial charge in [-0.1, -0.05) is 19.0 Å². The van der Waals surface area contributed by atoms with Gasteiger partial charge in [-0.2, -0.15) is 0 Å². The van der Waals surface area contributed by atoms with Crippen LogP contribution in [0.3, 0.4) is 0 Å². The summed E-state index contributed by atoms with van der Waals surface area (Å²) in [4.78, 5) is 23.7. The number of aliphatic hydroxyl groups is 1. The van der Waals surface area contributed by atoms with Crippen LogP contribution in [0.2, 0.25) is 0 Å². The summed E-state index contributed by atoms with van der Waals surface area (Å²) in [7, 11) is -3.96. The van der Waals surface area contributed by atoms with Crippen LogP contribution in [-0.4, -0.2) is 59.9 Å². The Morgan fingerprint density at radius 3 is 2.43 bits per heavy atom. The van der Waals surface area contributed by atoms with Gasteiger partial charge in [0.15, 0.2) is 5.76 Å². The zero-order chi connectivity index (χ0) is 35.6. The zero-order valence-electron chi connectivity index (χ0n) is 30.4. The van der Waals surface area contributed by atoms with E-state index in [0.29, 0.717) is 40.8 Å². The first kappa shape index (κ1) is 38.3. The van der Waals surface area contributed by atoms with Crippen LogP contribution in [0.4, 0.5) is 4.79 Å². The van der Waals surface area contributed by atoms with Crippen molar-refractivity contribution in [2.24, 2.45) is 34.5 Å². The number of ether oxygens (including phenoxy) is 4. The van der Waals surface area contributed by atoms with E-state index in [1.165, 1.54) is 25.7 Å². The summed E-state index contributed by atoms with van der Waals surface area (Å²) in [5.41, 5.74) is 0.873. The zero-order valence-corrected chi connectivity index (χ0v) is 31.3. The van der Waals surface area contributed by atoms with Crippen molar-refractivity contribution in [3.05, 3.63) is 17.5 Å². The average molecular weight is 712 g/mol. The lowest BCUT2D eigenvalue weighted by atomic mass is 9.44. The summed E-state index contributed by atoms with van der Waals surface area (Å²) in [6, 6.07) is 1.95. The molecule has 278 valence electrons. The number of rotatable bonds is 14. The minimum absolute atomic E-state index is 0.0174. The molecule has 0 aromatic carbocycles. The van der Waals surface area contributed by atoms with Gasteiger partial charge in [0.1, 0.15) is 13.0 Å². The predicted molar refractivity (Wildman–Crippen MR) is 179 cm³/mol. The monoisotopic (exact) mass is 711 g/mol. The van der Waals surface area contributed by atoms with Gasteiger partial charge in [-0.25, -0.2) is 4.79 Å². The number of carbonyl (C=O) groups excluding carboxylic acids is 2. The van der Waals surface area contributed by atoms with Crippen LogP contribution < -0.4 is 0 Å². The molecular weight excluding hydrogens is 653 g/mol. The molecule has 0 bridgehead atoms. The molecule has 4 aliphatic rings. The van der Waals surface area contributed by atoms with Crippen LogP contribution in [0.5, 0.6) is 0 Å². The molecule has 0 spiro atoms. The van der Waals surface area contributed by atoms with E-state index >= 15 is 0 Å². The quantitative estimate of drug-likeness (QED) is 0.113. The van der Waals surface area contributed by atoms with Crippen molar-refractivity contribution in [1.82, 2.24) is 5.16 Å². The van der Waals surface area contributed by atoms with Crippen molar-refractivity contribution in [1.29, 1.82) is 0 Å². The van der Waals surface area contributed by atoms with Crippen molar-refractivity contribution < 1.29 is 51.8 Å². The smallest absolute Gasteiger partial charge is 0.463 e. The standard InChI is InChI=1S/C36H58NO11P/c1-23(2)46-32(38)13-17-44-49(41,45-21-43-33(39)47-24(3)4)22-42-20-26-18-31(37-48-26)30-11-10-28-27-9-8-25-19-34(5,40)15-16-35(25,6)29(27)12-14-36(28,30)7/h18,23-25,27-30,40H,8-17,19-22H2,1-7H3/t25?,27-,28-,29?,30+,34+,35-,36-,49?/m0/s1. The summed E-state index contributed by atoms with van der Waals surface area (Å²) in [5, 5.41) is 15.3. The molecule has 5 rings (SSSR count). The molecule has 4 fully saturated rings. The van der Waals surface area contributed by atoms with E-state index in [-0.39, 0.29) is 31.2 Å². The maximum absolute atomic E-state index is 13.5. The van der Waals surface area contributed by atoms with Crippen molar-refractivity contribution >= 4 is 19.7 Å². The highest BCUT2D eigenvalue weighted by Crippen LogP contribution is 2.69. The van der Waals surface area contributed by atoms with Crippen molar-refractivity contribution in [3.8, 4) is 0 Å². The van der Waals surface area contributed by atoms with E-state index in [4.69, 9.17) is 32.5 Å². The maximum Gasteiger partial charge on any atom is 0.510 e. The molecule has 0 aliphatic heterocycles. The Morgan fingerprint density at radius 1 is 0.959 bits per heavy atom. The third-order valence-corrected chi connectivity index (χ3v) is 13.7. The predicted octanol–water partition coefficient (Wildman–Crippen LogP) is 8.11. The van der Waals surface area contributed by atoms with E-state index in [0.717, 1.165) is 37.8 Å². The molecule has 1 aromatic heterocycles. The molecule has 0 radical (unpaired) electrons. The third-order valence-electron chi connectivity index (χ3n) is 12.1. The highest BCUT2D eigenvalue weighted by molar-refractivity contribution is 7.53. The van der Waals surface area contributed by atoms with Crippen LogP contribution >= 0.6 is 7.60 Å². The summed E-state index contributed by atoms with van der Waals surface area (Å²) >= 11 is 0. The molecule has 1 N–H and O–H groups in total. The summed E-state index contributed by atoms with van der Waals surface area (Å²) in [6.07, 6.45) is 7.79. The van der Waals surface area contributed by atoms with Crippen molar-refractivity contribution in [2.45, 2.75) is 143 Å². The molecule has 0 saturated heterocycles. The number of fused-ring (bicyclic) bond motifs is 5. The van der Waals surface area contributed by atoms with Crippen molar-refractivity contribution in [2.75, 3.05) is 19.7 Å². The Balaban J connectivity index is 1.17. The van der Waals surface area contributed by atoms with E-state index in [1.807, 2.05) is 13.0 Å². The van der Waals surface area contributed by atoms with Crippen LogP contribution in [-0.2, 0) is 44.0 Å². The molecule has 0 amide bonds. The molecule has 13 heteroatoms. The van der Waals surface area contributed by atoms with Gasteiger partial charge in [0.25, 0.3) is 0 Å². The molecule has 12 nitrogen and oxygen atoms in total. The SMILES string of the molecule is CC(C)OC(=O)CCOP(=O)(COCc1cc([C@H]2CC[C@H]3[C@@H]4CCC5C[C@](C)(O)CC[C@]5(C)C4CC[C@]23C)no1)OCOC(=O)OC(C)C. The van der Waals surface area contributed by atoms with E-state index in [2.05, 4.69) is 19.0 Å².